The molecule has 106 valence electrons. The normalized spacial score (nSPS) is 12.3. The van der Waals surface area contributed by atoms with Gasteiger partial charge in [-0.3, -0.25) is 4.79 Å². The summed E-state index contributed by atoms with van der Waals surface area (Å²) in [6.07, 6.45) is 0. The average Bonchev–Trinajstić information content (AvgIpc) is 2.94. The van der Waals surface area contributed by atoms with E-state index in [0.29, 0.717) is 11.3 Å². The van der Waals surface area contributed by atoms with Crippen molar-refractivity contribution >= 4 is 32.8 Å². The molecule has 0 aliphatic rings. The summed E-state index contributed by atoms with van der Waals surface area (Å²) in [4.78, 5) is 12.3. The number of amides is 1. The molecule has 0 aliphatic carbocycles. The molecule has 2 aromatic carbocycles. The molecule has 1 heterocycles. The van der Waals surface area contributed by atoms with Crippen molar-refractivity contribution in [3.63, 3.8) is 0 Å². The third kappa shape index (κ3) is 2.85. The van der Waals surface area contributed by atoms with Crippen molar-refractivity contribution in [3.05, 3.63) is 70.4 Å². The number of hydrogen-bond donors (Lipinski definition) is 1. The van der Waals surface area contributed by atoms with Crippen LogP contribution in [0, 0.1) is 0 Å². The Labute approximate surface area is 131 Å². The van der Waals surface area contributed by atoms with Crippen LogP contribution in [-0.4, -0.2) is 5.91 Å². The minimum Gasteiger partial charge on any atom is -0.450 e. The number of benzene rings is 2. The van der Waals surface area contributed by atoms with Gasteiger partial charge in [0.25, 0.3) is 5.91 Å². The first kappa shape index (κ1) is 13.9. The molecule has 4 heteroatoms. The fourth-order valence-corrected chi connectivity index (χ4v) is 2.69. The SMILES string of the molecule is CC(NC(=O)c1cc2cccc(Br)c2o1)c1ccccc1. The summed E-state index contributed by atoms with van der Waals surface area (Å²) in [5.74, 6) is 0.106. The second-order valence-electron chi connectivity index (χ2n) is 4.87. The Morgan fingerprint density at radius 3 is 2.62 bits per heavy atom. The molecular formula is C17H14BrNO2. The van der Waals surface area contributed by atoms with Gasteiger partial charge in [-0.15, -0.1) is 0 Å². The lowest BCUT2D eigenvalue weighted by molar-refractivity contribution is 0.0914. The van der Waals surface area contributed by atoms with Crippen LogP contribution in [0.1, 0.15) is 29.1 Å². The van der Waals surface area contributed by atoms with Crippen molar-refractivity contribution in [2.75, 3.05) is 0 Å². The highest BCUT2D eigenvalue weighted by Gasteiger charge is 2.16. The van der Waals surface area contributed by atoms with E-state index in [0.717, 1.165) is 15.4 Å². The largest absolute Gasteiger partial charge is 0.450 e. The molecule has 1 aromatic heterocycles. The number of fused-ring (bicyclic) bond motifs is 1. The van der Waals surface area contributed by atoms with Gasteiger partial charge < -0.3 is 9.73 Å². The predicted molar refractivity (Wildman–Crippen MR) is 86.2 cm³/mol. The first-order valence-corrected chi connectivity index (χ1v) is 7.48. The number of furan rings is 1. The third-order valence-corrected chi connectivity index (χ3v) is 3.99. The molecule has 0 bridgehead atoms. The van der Waals surface area contributed by atoms with E-state index >= 15 is 0 Å². The number of nitrogens with one attached hydrogen (secondary N) is 1. The van der Waals surface area contributed by atoms with Gasteiger partial charge in [0.05, 0.1) is 10.5 Å². The van der Waals surface area contributed by atoms with Gasteiger partial charge in [-0.25, -0.2) is 0 Å². The van der Waals surface area contributed by atoms with E-state index in [1.54, 1.807) is 6.07 Å². The van der Waals surface area contributed by atoms with E-state index in [9.17, 15) is 4.79 Å². The fraction of sp³-hybridized carbons (Fsp3) is 0.118. The van der Waals surface area contributed by atoms with Gasteiger partial charge in [0, 0.05) is 5.39 Å². The van der Waals surface area contributed by atoms with Gasteiger partial charge in [-0.05, 0) is 40.5 Å². The van der Waals surface area contributed by atoms with Crippen LogP contribution in [0.2, 0.25) is 0 Å². The van der Waals surface area contributed by atoms with Crippen LogP contribution in [0.5, 0.6) is 0 Å². The Morgan fingerprint density at radius 1 is 1.14 bits per heavy atom. The molecule has 3 aromatic rings. The zero-order valence-corrected chi connectivity index (χ0v) is 13.1. The summed E-state index contributed by atoms with van der Waals surface area (Å²) < 4.78 is 6.48. The zero-order valence-electron chi connectivity index (χ0n) is 11.5. The lowest BCUT2D eigenvalue weighted by Crippen LogP contribution is -2.26. The van der Waals surface area contributed by atoms with Crippen molar-refractivity contribution in [1.29, 1.82) is 0 Å². The number of rotatable bonds is 3. The maximum atomic E-state index is 12.3. The highest BCUT2D eigenvalue weighted by atomic mass is 79.9. The Morgan fingerprint density at radius 2 is 1.90 bits per heavy atom. The van der Waals surface area contributed by atoms with E-state index in [1.807, 2.05) is 55.5 Å². The van der Waals surface area contributed by atoms with Crippen LogP contribution in [-0.2, 0) is 0 Å². The quantitative estimate of drug-likeness (QED) is 0.749. The fourth-order valence-electron chi connectivity index (χ4n) is 2.23. The van der Waals surface area contributed by atoms with Crippen LogP contribution in [0.3, 0.4) is 0 Å². The second-order valence-corrected chi connectivity index (χ2v) is 5.73. The molecule has 1 amide bonds. The summed E-state index contributed by atoms with van der Waals surface area (Å²) in [5, 5.41) is 3.85. The summed E-state index contributed by atoms with van der Waals surface area (Å²) in [6, 6.07) is 17.2. The van der Waals surface area contributed by atoms with Crippen LogP contribution in [0.25, 0.3) is 11.0 Å². The van der Waals surface area contributed by atoms with Gasteiger partial charge in [-0.2, -0.15) is 0 Å². The maximum absolute atomic E-state index is 12.3. The second kappa shape index (κ2) is 5.74. The van der Waals surface area contributed by atoms with Crippen molar-refractivity contribution < 1.29 is 9.21 Å². The minimum atomic E-state index is -0.213. The smallest absolute Gasteiger partial charge is 0.287 e. The molecule has 0 saturated heterocycles. The van der Waals surface area contributed by atoms with Crippen molar-refractivity contribution in [1.82, 2.24) is 5.32 Å². The Bertz CT molecular complexity index is 780. The molecular weight excluding hydrogens is 330 g/mol. The number of hydrogen-bond acceptors (Lipinski definition) is 2. The summed E-state index contributed by atoms with van der Waals surface area (Å²) in [7, 11) is 0. The topological polar surface area (TPSA) is 42.2 Å². The standard InChI is InChI=1S/C17H14BrNO2/c1-11(12-6-3-2-4-7-12)19-17(20)15-10-13-8-5-9-14(18)16(13)21-15/h2-11H,1H3,(H,19,20). The molecule has 1 N–H and O–H groups in total. The first-order chi connectivity index (χ1) is 10.1. The number of halogens is 1. The van der Waals surface area contributed by atoms with Gasteiger partial charge in [0.15, 0.2) is 5.76 Å². The van der Waals surface area contributed by atoms with Crippen LogP contribution >= 0.6 is 15.9 Å². The molecule has 0 spiro atoms. The van der Waals surface area contributed by atoms with E-state index in [2.05, 4.69) is 21.2 Å². The highest BCUT2D eigenvalue weighted by Crippen LogP contribution is 2.27. The van der Waals surface area contributed by atoms with Crippen LogP contribution in [0.4, 0.5) is 0 Å². The van der Waals surface area contributed by atoms with Crippen molar-refractivity contribution in [2.45, 2.75) is 13.0 Å². The minimum absolute atomic E-state index is 0.0737. The molecule has 3 rings (SSSR count). The van der Waals surface area contributed by atoms with E-state index < -0.39 is 0 Å². The lowest BCUT2D eigenvalue weighted by Gasteiger charge is -2.12. The number of para-hydroxylation sites is 1. The van der Waals surface area contributed by atoms with E-state index in [1.165, 1.54) is 0 Å². The molecule has 3 nitrogen and oxygen atoms in total. The molecule has 0 aliphatic heterocycles. The third-order valence-electron chi connectivity index (χ3n) is 3.37. The van der Waals surface area contributed by atoms with Gasteiger partial charge in [0.1, 0.15) is 5.58 Å². The van der Waals surface area contributed by atoms with Gasteiger partial charge >= 0.3 is 0 Å². The highest BCUT2D eigenvalue weighted by molar-refractivity contribution is 9.10. The lowest BCUT2D eigenvalue weighted by atomic mass is 10.1. The Hall–Kier alpha value is -2.07. The molecule has 0 radical (unpaired) electrons. The molecule has 21 heavy (non-hydrogen) atoms. The molecule has 1 atom stereocenters. The average molecular weight is 344 g/mol. The van der Waals surface area contributed by atoms with Crippen LogP contribution in [0.15, 0.2) is 63.5 Å². The van der Waals surface area contributed by atoms with E-state index in [4.69, 9.17) is 4.42 Å². The maximum Gasteiger partial charge on any atom is 0.287 e. The molecule has 0 saturated carbocycles. The molecule has 0 fully saturated rings. The van der Waals surface area contributed by atoms with Crippen molar-refractivity contribution in [3.8, 4) is 0 Å². The zero-order chi connectivity index (χ0) is 14.8. The molecule has 1 unspecified atom stereocenters. The summed E-state index contributed by atoms with van der Waals surface area (Å²) in [6.45, 7) is 1.95. The number of carbonyl (C=O) groups excluding carboxylic acids is 1. The van der Waals surface area contributed by atoms with Gasteiger partial charge in [0.2, 0.25) is 0 Å². The Kier molecular flexibility index (Phi) is 3.80. The monoisotopic (exact) mass is 343 g/mol. The summed E-state index contributed by atoms with van der Waals surface area (Å²) >= 11 is 3.42. The first-order valence-electron chi connectivity index (χ1n) is 6.69. The van der Waals surface area contributed by atoms with Crippen molar-refractivity contribution in [2.24, 2.45) is 0 Å². The van der Waals surface area contributed by atoms with Crippen LogP contribution < -0.4 is 5.32 Å². The van der Waals surface area contributed by atoms with E-state index in [-0.39, 0.29) is 11.9 Å². The summed E-state index contributed by atoms with van der Waals surface area (Å²) in [5.41, 5.74) is 1.75. The predicted octanol–water partition coefficient (Wildman–Crippen LogP) is 4.69. The van der Waals surface area contributed by atoms with Gasteiger partial charge in [-0.1, -0.05) is 42.5 Å². The number of carbonyl (C=O) groups is 1. The Balaban J connectivity index is 1.82.